The average molecular weight is 421 g/mol. The summed E-state index contributed by atoms with van der Waals surface area (Å²) < 4.78 is 0. The molecule has 0 aliphatic carbocycles. The van der Waals surface area contributed by atoms with E-state index in [0.717, 1.165) is 42.5 Å². The maximum atomic E-state index is 12.5. The molecular weight excluding hydrogens is 412 g/mol. The number of fused-ring (bicyclic) bond motifs is 1. The van der Waals surface area contributed by atoms with Crippen LogP contribution in [-0.2, 0) is 4.79 Å². The monoisotopic (exact) mass is 421 g/mol. The minimum Gasteiger partial charge on any atom is -0.545 e. The molecule has 0 unspecified atom stereocenters. The number of nitrogens with zero attached hydrogens (tertiary/aromatic N) is 3. The first kappa shape index (κ1) is 20.8. The van der Waals surface area contributed by atoms with Crippen molar-refractivity contribution >= 4 is 35.2 Å². The maximum Gasteiger partial charge on any atom is 0.280 e. The molecule has 0 saturated heterocycles. The molecule has 3 rings (SSSR count). The molecule has 2 aromatic carbocycles. The molecule has 31 heavy (non-hydrogen) atoms. The Bertz CT molecular complexity index is 1210. The molecule has 12 nitrogen and oxygen atoms in total. The van der Waals surface area contributed by atoms with Gasteiger partial charge in [-0.25, -0.2) is 0 Å². The lowest BCUT2D eigenvalue weighted by Crippen LogP contribution is -2.49. The summed E-state index contributed by atoms with van der Waals surface area (Å²) >= 11 is 0. The predicted molar refractivity (Wildman–Crippen MR) is 95.9 cm³/mol. The Kier molecular flexibility index (Phi) is 5.26. The number of hydrogen-bond donors (Lipinski definition) is 1. The number of amides is 3. The Hall–Kier alpha value is -4.92. The molecule has 0 saturated carbocycles. The zero-order valence-electron chi connectivity index (χ0n) is 15.2. The van der Waals surface area contributed by atoms with Gasteiger partial charge >= 0.3 is 0 Å². The van der Waals surface area contributed by atoms with Crippen LogP contribution in [0.3, 0.4) is 0 Å². The number of nitriles is 1. The Morgan fingerprint density at radius 3 is 2.13 bits per heavy atom. The van der Waals surface area contributed by atoms with Gasteiger partial charge in [0.1, 0.15) is 0 Å². The van der Waals surface area contributed by atoms with Gasteiger partial charge in [0, 0.05) is 17.7 Å². The molecule has 1 aliphatic heterocycles. The molecule has 0 spiro atoms. The van der Waals surface area contributed by atoms with Crippen LogP contribution in [-0.4, -0.2) is 39.4 Å². The van der Waals surface area contributed by atoms with Crippen molar-refractivity contribution in [3.8, 4) is 6.07 Å². The molecule has 0 aromatic heterocycles. The normalized spacial score (nSPS) is 13.2. The first-order valence-electron chi connectivity index (χ1n) is 8.38. The highest BCUT2D eigenvalue weighted by Gasteiger charge is 2.39. The number of hydrazine groups is 1. The van der Waals surface area contributed by atoms with Crippen LogP contribution in [0.1, 0.15) is 41.4 Å². The molecular formula is C19H9N4O8-. The van der Waals surface area contributed by atoms with Crippen LogP contribution in [0.25, 0.3) is 0 Å². The van der Waals surface area contributed by atoms with Crippen molar-refractivity contribution in [2.75, 3.05) is 0 Å². The lowest BCUT2D eigenvalue weighted by molar-refractivity contribution is -0.384. The van der Waals surface area contributed by atoms with Gasteiger partial charge in [0.2, 0.25) is 0 Å². The van der Waals surface area contributed by atoms with Gasteiger partial charge in [-0.3, -0.25) is 34.7 Å². The highest BCUT2D eigenvalue weighted by atomic mass is 16.6. The summed E-state index contributed by atoms with van der Waals surface area (Å²) in [6.45, 7) is 0. The van der Waals surface area contributed by atoms with Gasteiger partial charge in [0.15, 0.2) is 11.7 Å². The highest BCUT2D eigenvalue weighted by Crippen LogP contribution is 2.23. The summed E-state index contributed by atoms with van der Waals surface area (Å²) in [7, 11) is 0. The fourth-order valence-corrected chi connectivity index (χ4v) is 2.79. The molecule has 0 radical (unpaired) electrons. The van der Waals surface area contributed by atoms with E-state index in [1.807, 2.05) is 5.43 Å². The number of non-ortho nitro benzene ring substituents is 1. The van der Waals surface area contributed by atoms with E-state index in [0.29, 0.717) is 0 Å². The van der Waals surface area contributed by atoms with Crippen LogP contribution >= 0.6 is 0 Å². The van der Waals surface area contributed by atoms with E-state index >= 15 is 0 Å². The molecule has 1 N–H and O–H groups in total. The summed E-state index contributed by atoms with van der Waals surface area (Å²) in [5.74, 6) is -7.90. The number of ketones is 1. The number of hydrogen-bond acceptors (Lipinski definition) is 9. The number of nitro benzene ring substituents is 1. The zero-order valence-corrected chi connectivity index (χ0v) is 15.2. The Balaban J connectivity index is 1.80. The van der Waals surface area contributed by atoms with Crippen LogP contribution < -0.4 is 10.5 Å². The first-order valence-corrected chi connectivity index (χ1v) is 8.38. The lowest BCUT2D eigenvalue weighted by atomic mass is 9.98. The second-order valence-corrected chi connectivity index (χ2v) is 6.20. The van der Waals surface area contributed by atoms with Gasteiger partial charge in [-0.2, -0.15) is 10.3 Å². The number of Topliss-reactive ketones (excluding diaryl/α,β-unsaturated/α-hetero) is 1. The number of carboxylic acid groups (broad SMARTS) is 1. The summed E-state index contributed by atoms with van der Waals surface area (Å²) in [5, 5.41) is 31.1. The van der Waals surface area contributed by atoms with Crippen LogP contribution in [0.4, 0.5) is 5.69 Å². The SMILES string of the molecule is N#C[C@@H](C(=O)NN1C(=O)c2ccc(C(=O)[O-])cc2C1=O)C(=O)c1ccc([N+](=O)[O-])cc1. The second-order valence-electron chi connectivity index (χ2n) is 6.20. The number of benzene rings is 2. The van der Waals surface area contributed by atoms with Crippen molar-refractivity contribution in [1.29, 1.82) is 5.26 Å². The molecule has 1 atom stereocenters. The smallest absolute Gasteiger partial charge is 0.280 e. The zero-order chi connectivity index (χ0) is 22.9. The van der Waals surface area contributed by atoms with Gasteiger partial charge < -0.3 is 9.90 Å². The average Bonchev–Trinajstić information content (AvgIpc) is 2.98. The number of rotatable bonds is 6. The van der Waals surface area contributed by atoms with E-state index in [4.69, 9.17) is 0 Å². The fourth-order valence-electron chi connectivity index (χ4n) is 2.79. The number of nitro groups is 1. The Morgan fingerprint density at radius 1 is 1.00 bits per heavy atom. The molecule has 12 heteroatoms. The lowest BCUT2D eigenvalue weighted by Gasteiger charge is -2.16. The minimum atomic E-state index is -1.97. The number of nitrogens with one attached hydrogen (secondary N) is 1. The molecule has 3 amide bonds. The van der Waals surface area contributed by atoms with Gasteiger partial charge in [0.05, 0.1) is 28.1 Å². The van der Waals surface area contributed by atoms with Crippen molar-refractivity contribution in [3.05, 3.63) is 74.8 Å². The predicted octanol–water partition coefficient (Wildman–Crippen LogP) is -0.392. The maximum absolute atomic E-state index is 12.5. The van der Waals surface area contributed by atoms with Gasteiger partial charge in [-0.15, -0.1) is 0 Å². The summed E-state index contributed by atoms with van der Waals surface area (Å²) in [6.07, 6.45) is 0. The van der Waals surface area contributed by atoms with Crippen LogP contribution in [0.15, 0.2) is 42.5 Å². The summed E-state index contributed by atoms with van der Waals surface area (Å²) in [6, 6.07) is 8.61. The number of carbonyl (C=O) groups excluding carboxylic acids is 5. The number of aromatic carboxylic acids is 1. The van der Waals surface area contributed by atoms with Crippen LogP contribution in [0.5, 0.6) is 0 Å². The highest BCUT2D eigenvalue weighted by molar-refractivity contribution is 6.23. The standard InChI is InChI=1S/C19H10N4O8/c20-8-14(15(24)9-1-4-11(5-2-9)23(30)31)16(25)21-22-17(26)12-6-3-10(19(28)29)7-13(12)18(22)27/h1-7,14H,(H,21,25)(H,28,29)/p-1/t14-/m1/s1. The van der Waals surface area contributed by atoms with Gasteiger partial charge in [-0.1, -0.05) is 6.07 Å². The molecule has 0 fully saturated rings. The van der Waals surface area contributed by atoms with Crippen molar-refractivity contribution in [2.45, 2.75) is 0 Å². The van der Waals surface area contributed by atoms with E-state index in [9.17, 15) is 44.5 Å². The number of carbonyl (C=O) groups is 5. The fraction of sp³-hybridized carbons (Fsp3) is 0.0526. The summed E-state index contributed by atoms with van der Waals surface area (Å²) in [4.78, 5) is 70.6. The Morgan fingerprint density at radius 2 is 1.58 bits per heavy atom. The molecule has 2 aromatic rings. The van der Waals surface area contributed by atoms with E-state index in [-0.39, 0.29) is 33.0 Å². The third kappa shape index (κ3) is 3.70. The first-order chi connectivity index (χ1) is 14.6. The van der Waals surface area contributed by atoms with Crippen molar-refractivity contribution in [3.63, 3.8) is 0 Å². The number of carboxylic acids is 1. The van der Waals surface area contributed by atoms with Crippen molar-refractivity contribution in [2.24, 2.45) is 5.92 Å². The molecule has 1 aliphatic rings. The Labute approximate surface area is 172 Å². The summed E-state index contributed by atoms with van der Waals surface area (Å²) in [5.41, 5.74) is 0.547. The van der Waals surface area contributed by atoms with Crippen LogP contribution in [0, 0.1) is 27.4 Å². The minimum absolute atomic E-state index is 0.173. The van der Waals surface area contributed by atoms with E-state index < -0.39 is 40.3 Å². The molecule has 1 heterocycles. The largest absolute Gasteiger partial charge is 0.545 e. The second kappa shape index (κ2) is 7.84. The number of imide groups is 1. The van der Waals surface area contributed by atoms with Gasteiger partial charge in [-0.05, 0) is 29.8 Å². The van der Waals surface area contributed by atoms with Crippen molar-refractivity contribution < 1.29 is 34.0 Å². The van der Waals surface area contributed by atoms with Crippen molar-refractivity contribution in [1.82, 2.24) is 10.4 Å². The topological polar surface area (TPSA) is 191 Å². The van der Waals surface area contributed by atoms with Crippen LogP contribution in [0.2, 0.25) is 0 Å². The van der Waals surface area contributed by atoms with E-state index in [2.05, 4.69) is 0 Å². The third-order valence-electron chi connectivity index (χ3n) is 4.36. The third-order valence-corrected chi connectivity index (χ3v) is 4.36. The molecule has 0 bridgehead atoms. The molecule has 154 valence electrons. The quantitative estimate of drug-likeness (QED) is 0.213. The van der Waals surface area contributed by atoms with E-state index in [1.54, 1.807) is 0 Å². The van der Waals surface area contributed by atoms with Gasteiger partial charge in [0.25, 0.3) is 23.4 Å². The van der Waals surface area contributed by atoms with E-state index in [1.165, 1.54) is 6.07 Å².